The van der Waals surface area contributed by atoms with Crippen molar-refractivity contribution in [3.05, 3.63) is 27.7 Å². The van der Waals surface area contributed by atoms with Gasteiger partial charge in [0.25, 0.3) is 0 Å². The molecule has 3 heteroatoms. The first-order valence-electron chi connectivity index (χ1n) is 5.49. The van der Waals surface area contributed by atoms with Crippen molar-refractivity contribution in [2.24, 2.45) is 0 Å². The number of aliphatic hydroxyl groups is 1. The van der Waals surface area contributed by atoms with E-state index in [1.165, 1.54) is 5.56 Å². The van der Waals surface area contributed by atoms with Gasteiger partial charge in [-0.05, 0) is 39.0 Å². The van der Waals surface area contributed by atoms with Crippen LogP contribution in [0.4, 0.5) is 0 Å². The van der Waals surface area contributed by atoms with E-state index in [1.807, 2.05) is 13.0 Å². The number of ether oxygens (including phenoxy) is 1. The van der Waals surface area contributed by atoms with Crippen molar-refractivity contribution in [2.45, 2.75) is 32.6 Å². The molecule has 1 rings (SSSR count). The highest BCUT2D eigenvalue weighted by Crippen LogP contribution is 2.36. The van der Waals surface area contributed by atoms with Crippen LogP contribution in [0.2, 0.25) is 0 Å². The topological polar surface area (TPSA) is 29.5 Å². The molecule has 2 nitrogen and oxygen atoms in total. The van der Waals surface area contributed by atoms with Crippen molar-refractivity contribution in [2.75, 3.05) is 13.7 Å². The molecular formula is C13H19BrO2. The number of halogens is 1. The Bertz CT molecular complexity index is 361. The van der Waals surface area contributed by atoms with Crippen LogP contribution in [0, 0.1) is 0 Å². The van der Waals surface area contributed by atoms with E-state index in [0.29, 0.717) is 5.92 Å². The van der Waals surface area contributed by atoms with Gasteiger partial charge in [0.05, 0.1) is 11.6 Å². The normalized spacial score (nSPS) is 12.9. The second-order valence-corrected chi connectivity index (χ2v) is 5.22. The van der Waals surface area contributed by atoms with Gasteiger partial charge in [0.15, 0.2) is 0 Å². The Morgan fingerprint density at radius 2 is 1.94 bits per heavy atom. The van der Waals surface area contributed by atoms with Crippen LogP contribution in [0.1, 0.15) is 43.7 Å². The van der Waals surface area contributed by atoms with Crippen LogP contribution in [-0.2, 0) is 0 Å². The number of hydrogen-bond acceptors (Lipinski definition) is 2. The van der Waals surface area contributed by atoms with E-state index in [0.717, 1.165) is 15.8 Å². The molecule has 1 atom stereocenters. The third-order valence-electron chi connectivity index (χ3n) is 2.76. The average Bonchev–Trinajstić information content (AvgIpc) is 2.26. The fraction of sp³-hybridized carbons (Fsp3) is 0.538. The highest BCUT2D eigenvalue weighted by molar-refractivity contribution is 9.10. The molecule has 0 fully saturated rings. The summed E-state index contributed by atoms with van der Waals surface area (Å²) in [6.45, 7) is 6.45. The number of rotatable bonds is 4. The molecule has 0 saturated carbocycles. The lowest BCUT2D eigenvalue weighted by molar-refractivity contribution is 0.273. The zero-order valence-corrected chi connectivity index (χ0v) is 11.8. The van der Waals surface area contributed by atoms with Crippen LogP contribution in [0.15, 0.2) is 16.6 Å². The van der Waals surface area contributed by atoms with Crippen molar-refractivity contribution in [1.29, 1.82) is 0 Å². The van der Waals surface area contributed by atoms with Crippen LogP contribution < -0.4 is 4.74 Å². The molecule has 1 unspecified atom stereocenters. The first-order valence-corrected chi connectivity index (χ1v) is 6.28. The van der Waals surface area contributed by atoms with Crippen LogP contribution in [0.25, 0.3) is 0 Å². The minimum atomic E-state index is 0.153. The number of benzene rings is 1. The maximum atomic E-state index is 9.19. The largest absolute Gasteiger partial charge is 0.495 e. The summed E-state index contributed by atoms with van der Waals surface area (Å²) in [5.74, 6) is 1.45. The van der Waals surface area contributed by atoms with Crippen molar-refractivity contribution in [3.8, 4) is 5.75 Å². The van der Waals surface area contributed by atoms with Crippen molar-refractivity contribution >= 4 is 15.9 Å². The molecule has 0 aliphatic heterocycles. The Morgan fingerprint density at radius 3 is 2.38 bits per heavy atom. The summed E-state index contributed by atoms with van der Waals surface area (Å²) in [6, 6.07) is 4.14. The first-order chi connectivity index (χ1) is 7.51. The second kappa shape index (κ2) is 5.69. The minimum absolute atomic E-state index is 0.153. The van der Waals surface area contributed by atoms with Crippen molar-refractivity contribution in [3.63, 3.8) is 0 Å². The van der Waals surface area contributed by atoms with Crippen LogP contribution in [0.5, 0.6) is 5.75 Å². The lowest BCUT2D eigenvalue weighted by Gasteiger charge is -2.17. The molecule has 0 aliphatic carbocycles. The molecule has 1 aromatic carbocycles. The van der Waals surface area contributed by atoms with Crippen LogP contribution in [0.3, 0.4) is 0 Å². The van der Waals surface area contributed by atoms with Gasteiger partial charge in [0.1, 0.15) is 5.75 Å². The zero-order valence-electron chi connectivity index (χ0n) is 10.2. The molecule has 0 radical (unpaired) electrons. The third kappa shape index (κ3) is 2.77. The van der Waals surface area contributed by atoms with Gasteiger partial charge in [-0.15, -0.1) is 0 Å². The highest BCUT2D eigenvalue weighted by Gasteiger charge is 2.15. The minimum Gasteiger partial charge on any atom is -0.495 e. The Kier molecular flexibility index (Phi) is 4.81. The second-order valence-electron chi connectivity index (χ2n) is 4.36. The van der Waals surface area contributed by atoms with E-state index in [4.69, 9.17) is 4.74 Å². The fourth-order valence-electron chi connectivity index (χ4n) is 1.67. The zero-order chi connectivity index (χ0) is 12.3. The quantitative estimate of drug-likeness (QED) is 0.915. The smallest absolute Gasteiger partial charge is 0.136 e. The molecular weight excluding hydrogens is 268 g/mol. The van der Waals surface area contributed by atoms with Gasteiger partial charge in [-0.3, -0.25) is 0 Å². The van der Waals surface area contributed by atoms with E-state index in [9.17, 15) is 5.11 Å². The first kappa shape index (κ1) is 13.5. The molecule has 0 bridgehead atoms. The highest BCUT2D eigenvalue weighted by atomic mass is 79.9. The van der Waals surface area contributed by atoms with E-state index >= 15 is 0 Å². The van der Waals surface area contributed by atoms with Gasteiger partial charge >= 0.3 is 0 Å². The summed E-state index contributed by atoms with van der Waals surface area (Å²) in [5.41, 5.74) is 2.31. The van der Waals surface area contributed by atoms with Crippen molar-refractivity contribution in [1.82, 2.24) is 0 Å². The lowest BCUT2D eigenvalue weighted by atomic mass is 9.94. The molecule has 1 N–H and O–H groups in total. The van der Waals surface area contributed by atoms with Gasteiger partial charge in [-0.25, -0.2) is 0 Å². The molecule has 0 aliphatic rings. The Labute approximate surface area is 106 Å². The molecule has 0 saturated heterocycles. The van der Waals surface area contributed by atoms with Crippen LogP contribution >= 0.6 is 15.9 Å². The number of aliphatic hydroxyl groups excluding tert-OH is 1. The Balaban J connectivity index is 3.28. The summed E-state index contributed by atoms with van der Waals surface area (Å²) >= 11 is 3.52. The molecule has 0 amide bonds. The van der Waals surface area contributed by atoms with E-state index in [2.05, 4.69) is 35.8 Å². The van der Waals surface area contributed by atoms with Gasteiger partial charge < -0.3 is 9.84 Å². The standard InChI is InChI=1S/C13H19BrO2/c1-8(2)11-5-10(9(3)7-15)6-12(14)13(11)16-4/h5-6,8-9,15H,7H2,1-4H3. The summed E-state index contributed by atoms with van der Waals surface area (Å²) in [7, 11) is 1.68. The fourth-order valence-corrected chi connectivity index (χ4v) is 2.33. The summed E-state index contributed by atoms with van der Waals surface area (Å²) in [5, 5.41) is 9.19. The van der Waals surface area contributed by atoms with E-state index < -0.39 is 0 Å². The Hall–Kier alpha value is -0.540. The monoisotopic (exact) mass is 286 g/mol. The van der Waals surface area contributed by atoms with Gasteiger partial charge in [-0.2, -0.15) is 0 Å². The Morgan fingerprint density at radius 1 is 1.31 bits per heavy atom. The molecule has 1 aromatic rings. The van der Waals surface area contributed by atoms with Gasteiger partial charge in [0, 0.05) is 12.5 Å². The summed E-state index contributed by atoms with van der Waals surface area (Å²) < 4.78 is 6.35. The molecule has 90 valence electrons. The van der Waals surface area contributed by atoms with Gasteiger partial charge in [0.2, 0.25) is 0 Å². The predicted octanol–water partition coefficient (Wildman–Crippen LogP) is 3.68. The predicted molar refractivity (Wildman–Crippen MR) is 70.3 cm³/mol. The average molecular weight is 287 g/mol. The van der Waals surface area contributed by atoms with Gasteiger partial charge in [-0.1, -0.05) is 26.8 Å². The summed E-state index contributed by atoms with van der Waals surface area (Å²) in [4.78, 5) is 0. The molecule has 0 aromatic heterocycles. The number of hydrogen-bond donors (Lipinski definition) is 1. The van der Waals surface area contributed by atoms with E-state index in [-0.39, 0.29) is 12.5 Å². The molecule has 16 heavy (non-hydrogen) atoms. The maximum Gasteiger partial charge on any atom is 0.136 e. The molecule has 0 spiro atoms. The third-order valence-corrected chi connectivity index (χ3v) is 3.35. The number of methoxy groups -OCH3 is 1. The molecule has 0 heterocycles. The van der Waals surface area contributed by atoms with Crippen LogP contribution in [-0.4, -0.2) is 18.8 Å². The lowest BCUT2D eigenvalue weighted by Crippen LogP contribution is -2.03. The van der Waals surface area contributed by atoms with E-state index in [1.54, 1.807) is 7.11 Å². The maximum absolute atomic E-state index is 9.19. The van der Waals surface area contributed by atoms with Crippen molar-refractivity contribution < 1.29 is 9.84 Å². The summed E-state index contributed by atoms with van der Waals surface area (Å²) in [6.07, 6.45) is 0. The SMILES string of the molecule is COc1c(Br)cc(C(C)CO)cc1C(C)C.